The molecule has 2 heterocycles. The standard InChI is InChI=1S/C18H20N4O3/c1-12-3-5-13(6-4-12)10-22-14(7-8-17(22)23)18(24)21-15-9-16(25-2)20-11-19-15/h3-6,9,11,14H,7-8,10H2,1-2H3,(H,19,20,21,24)/t14-/m0/s1. The fraction of sp³-hybridized carbons (Fsp3) is 0.333. The number of anilines is 1. The molecule has 0 bridgehead atoms. The lowest BCUT2D eigenvalue weighted by atomic mass is 10.1. The third-order valence-electron chi connectivity index (χ3n) is 4.21. The summed E-state index contributed by atoms with van der Waals surface area (Å²) in [6, 6.07) is 8.99. The minimum Gasteiger partial charge on any atom is -0.481 e. The molecular formula is C18H20N4O3. The summed E-state index contributed by atoms with van der Waals surface area (Å²) in [6.45, 7) is 2.43. The molecule has 25 heavy (non-hydrogen) atoms. The molecule has 1 fully saturated rings. The minimum atomic E-state index is -0.505. The van der Waals surface area contributed by atoms with Crippen molar-refractivity contribution in [1.29, 1.82) is 0 Å². The van der Waals surface area contributed by atoms with Crippen LogP contribution in [0.4, 0.5) is 5.82 Å². The Morgan fingerprint density at radius 1 is 1.32 bits per heavy atom. The number of nitrogens with one attached hydrogen (secondary N) is 1. The van der Waals surface area contributed by atoms with Crippen molar-refractivity contribution < 1.29 is 14.3 Å². The van der Waals surface area contributed by atoms with E-state index in [9.17, 15) is 9.59 Å². The number of aromatic nitrogens is 2. The Hall–Kier alpha value is -2.96. The van der Waals surface area contributed by atoms with Crippen molar-refractivity contribution in [3.05, 3.63) is 47.8 Å². The van der Waals surface area contributed by atoms with Crippen LogP contribution in [0.1, 0.15) is 24.0 Å². The smallest absolute Gasteiger partial charge is 0.248 e. The highest BCUT2D eigenvalue weighted by atomic mass is 16.5. The first-order valence-corrected chi connectivity index (χ1v) is 8.09. The molecule has 0 radical (unpaired) electrons. The highest BCUT2D eigenvalue weighted by Crippen LogP contribution is 2.23. The first kappa shape index (κ1) is 16.9. The van der Waals surface area contributed by atoms with Crippen LogP contribution in [0, 0.1) is 6.92 Å². The fourth-order valence-corrected chi connectivity index (χ4v) is 2.82. The fourth-order valence-electron chi connectivity index (χ4n) is 2.82. The van der Waals surface area contributed by atoms with Gasteiger partial charge < -0.3 is 15.0 Å². The number of likely N-dealkylation sites (tertiary alicyclic amines) is 1. The largest absolute Gasteiger partial charge is 0.481 e. The first-order chi connectivity index (χ1) is 12.1. The van der Waals surface area contributed by atoms with Gasteiger partial charge in [0.1, 0.15) is 18.2 Å². The third-order valence-corrected chi connectivity index (χ3v) is 4.21. The van der Waals surface area contributed by atoms with E-state index >= 15 is 0 Å². The van der Waals surface area contributed by atoms with Crippen LogP contribution in [0.25, 0.3) is 0 Å². The first-order valence-electron chi connectivity index (χ1n) is 8.09. The lowest BCUT2D eigenvalue weighted by Gasteiger charge is -2.24. The van der Waals surface area contributed by atoms with Crippen LogP contribution >= 0.6 is 0 Å². The van der Waals surface area contributed by atoms with Crippen molar-refractivity contribution in [2.45, 2.75) is 32.4 Å². The number of methoxy groups -OCH3 is 1. The number of aryl methyl sites for hydroxylation is 1. The molecule has 2 amide bonds. The van der Waals surface area contributed by atoms with E-state index in [1.165, 1.54) is 13.4 Å². The number of amides is 2. The van der Waals surface area contributed by atoms with E-state index < -0.39 is 6.04 Å². The van der Waals surface area contributed by atoms with E-state index in [-0.39, 0.29) is 11.8 Å². The van der Waals surface area contributed by atoms with Gasteiger partial charge in [-0.3, -0.25) is 9.59 Å². The Labute approximate surface area is 146 Å². The molecule has 7 heteroatoms. The summed E-state index contributed by atoms with van der Waals surface area (Å²) in [5.41, 5.74) is 2.16. The molecule has 1 atom stereocenters. The number of hydrogen-bond donors (Lipinski definition) is 1. The zero-order valence-corrected chi connectivity index (χ0v) is 14.2. The second-order valence-electron chi connectivity index (χ2n) is 6.00. The van der Waals surface area contributed by atoms with Crippen LogP contribution in [0.3, 0.4) is 0 Å². The predicted octanol–water partition coefficient (Wildman–Crippen LogP) is 1.92. The van der Waals surface area contributed by atoms with Crippen molar-refractivity contribution in [3.63, 3.8) is 0 Å². The van der Waals surface area contributed by atoms with Crippen LogP contribution in [-0.4, -0.2) is 39.8 Å². The number of nitrogens with zero attached hydrogens (tertiary/aromatic N) is 3. The number of carbonyl (C=O) groups excluding carboxylic acids is 2. The Morgan fingerprint density at radius 2 is 2.08 bits per heavy atom. The SMILES string of the molecule is COc1cc(NC(=O)[C@@H]2CCC(=O)N2Cc2ccc(C)cc2)ncn1. The summed E-state index contributed by atoms with van der Waals surface area (Å²) in [6.07, 6.45) is 2.19. The lowest BCUT2D eigenvalue weighted by Crippen LogP contribution is -2.41. The molecule has 1 aliphatic heterocycles. The van der Waals surface area contributed by atoms with E-state index in [1.807, 2.05) is 31.2 Å². The average molecular weight is 340 g/mol. The molecule has 3 rings (SSSR count). The summed E-state index contributed by atoms with van der Waals surface area (Å²) in [5, 5.41) is 2.74. The van der Waals surface area contributed by atoms with Gasteiger partial charge in [0.2, 0.25) is 17.7 Å². The Bertz CT molecular complexity index is 776. The number of ether oxygens (including phenoxy) is 1. The molecular weight excluding hydrogens is 320 g/mol. The van der Waals surface area contributed by atoms with Gasteiger partial charge in [0.25, 0.3) is 0 Å². The molecule has 1 aromatic heterocycles. The Kier molecular flexibility index (Phi) is 4.92. The van der Waals surface area contributed by atoms with Gasteiger partial charge in [0, 0.05) is 19.0 Å². The van der Waals surface area contributed by atoms with Gasteiger partial charge in [-0.1, -0.05) is 29.8 Å². The van der Waals surface area contributed by atoms with Crippen molar-refractivity contribution >= 4 is 17.6 Å². The number of benzene rings is 1. The molecule has 0 saturated carbocycles. The van der Waals surface area contributed by atoms with E-state index in [0.717, 1.165) is 11.1 Å². The molecule has 0 spiro atoms. The molecule has 1 saturated heterocycles. The molecule has 2 aromatic rings. The van der Waals surface area contributed by atoms with Crippen LogP contribution in [0.5, 0.6) is 5.88 Å². The van der Waals surface area contributed by atoms with Crippen LogP contribution < -0.4 is 10.1 Å². The van der Waals surface area contributed by atoms with Gasteiger partial charge in [0.15, 0.2) is 0 Å². The van der Waals surface area contributed by atoms with Gasteiger partial charge in [-0.25, -0.2) is 9.97 Å². The number of carbonyl (C=O) groups is 2. The molecule has 7 nitrogen and oxygen atoms in total. The van der Waals surface area contributed by atoms with Gasteiger partial charge in [-0.2, -0.15) is 0 Å². The number of rotatable bonds is 5. The third kappa shape index (κ3) is 3.93. The lowest BCUT2D eigenvalue weighted by molar-refractivity contribution is -0.133. The molecule has 1 aliphatic rings. The second kappa shape index (κ2) is 7.29. The summed E-state index contributed by atoms with van der Waals surface area (Å²) >= 11 is 0. The van der Waals surface area contributed by atoms with E-state index in [2.05, 4.69) is 15.3 Å². The topological polar surface area (TPSA) is 84.4 Å². The average Bonchev–Trinajstić information content (AvgIpc) is 2.98. The quantitative estimate of drug-likeness (QED) is 0.899. The molecule has 0 aliphatic carbocycles. The number of hydrogen-bond acceptors (Lipinski definition) is 5. The highest BCUT2D eigenvalue weighted by Gasteiger charge is 2.36. The molecule has 1 aromatic carbocycles. The minimum absolute atomic E-state index is 0.0130. The summed E-state index contributed by atoms with van der Waals surface area (Å²) in [5.74, 6) is 0.454. The molecule has 130 valence electrons. The van der Waals surface area contributed by atoms with E-state index in [0.29, 0.717) is 31.1 Å². The maximum atomic E-state index is 12.6. The highest BCUT2D eigenvalue weighted by molar-refractivity contribution is 5.98. The molecule has 1 N–H and O–H groups in total. The van der Waals surface area contributed by atoms with Gasteiger partial charge in [-0.15, -0.1) is 0 Å². The van der Waals surface area contributed by atoms with Crippen LogP contribution in [-0.2, 0) is 16.1 Å². The van der Waals surface area contributed by atoms with Crippen molar-refractivity contribution in [3.8, 4) is 5.88 Å². The summed E-state index contributed by atoms with van der Waals surface area (Å²) < 4.78 is 5.02. The van der Waals surface area contributed by atoms with E-state index in [1.54, 1.807) is 11.0 Å². The van der Waals surface area contributed by atoms with Crippen LogP contribution in [0.2, 0.25) is 0 Å². The van der Waals surface area contributed by atoms with Gasteiger partial charge >= 0.3 is 0 Å². The molecule has 0 unspecified atom stereocenters. The van der Waals surface area contributed by atoms with Crippen molar-refractivity contribution in [1.82, 2.24) is 14.9 Å². The maximum Gasteiger partial charge on any atom is 0.248 e. The van der Waals surface area contributed by atoms with Crippen molar-refractivity contribution in [2.24, 2.45) is 0 Å². The summed E-state index contributed by atoms with van der Waals surface area (Å²) in [7, 11) is 1.49. The summed E-state index contributed by atoms with van der Waals surface area (Å²) in [4.78, 5) is 34.4. The predicted molar refractivity (Wildman–Crippen MR) is 92.0 cm³/mol. The monoisotopic (exact) mass is 340 g/mol. The van der Waals surface area contributed by atoms with Gasteiger partial charge in [0.05, 0.1) is 7.11 Å². The Morgan fingerprint density at radius 3 is 2.80 bits per heavy atom. The maximum absolute atomic E-state index is 12.6. The zero-order valence-electron chi connectivity index (χ0n) is 14.2. The second-order valence-corrected chi connectivity index (χ2v) is 6.00. The van der Waals surface area contributed by atoms with Crippen molar-refractivity contribution in [2.75, 3.05) is 12.4 Å². The zero-order chi connectivity index (χ0) is 17.8. The van der Waals surface area contributed by atoms with E-state index in [4.69, 9.17) is 4.74 Å². The van der Waals surface area contributed by atoms with Gasteiger partial charge in [-0.05, 0) is 18.9 Å². The normalized spacial score (nSPS) is 16.8. The van der Waals surface area contributed by atoms with Crippen LogP contribution in [0.15, 0.2) is 36.7 Å². The Balaban J connectivity index is 1.71.